The molecule has 9 nitrogen and oxygen atoms in total. The number of aromatic nitrogens is 4. The molecule has 0 saturated carbocycles. The summed E-state index contributed by atoms with van der Waals surface area (Å²) in [5, 5.41) is 14.5. The Kier molecular flexibility index (Phi) is 6.07. The van der Waals surface area contributed by atoms with E-state index < -0.39 is 12.0 Å². The molecule has 2 aromatic carbocycles. The molecule has 0 bridgehead atoms. The van der Waals surface area contributed by atoms with Crippen LogP contribution in [-0.2, 0) is 14.3 Å². The zero-order valence-corrected chi connectivity index (χ0v) is 17.6. The Morgan fingerprint density at radius 2 is 1.88 bits per heavy atom. The van der Waals surface area contributed by atoms with E-state index in [0.717, 1.165) is 5.56 Å². The summed E-state index contributed by atoms with van der Waals surface area (Å²) in [4.78, 5) is 26.0. The highest BCUT2D eigenvalue weighted by molar-refractivity contribution is 6.13. The number of nitrogens with one attached hydrogen (secondary N) is 1. The van der Waals surface area contributed by atoms with Gasteiger partial charge in [-0.15, -0.1) is 0 Å². The monoisotopic (exact) mass is 431 g/mol. The summed E-state index contributed by atoms with van der Waals surface area (Å²) in [6, 6.07) is 15.9. The minimum absolute atomic E-state index is 0.00334. The number of hydrogen-bond donors (Lipinski definition) is 1. The van der Waals surface area contributed by atoms with Crippen LogP contribution in [0.3, 0.4) is 0 Å². The number of tetrazole rings is 1. The van der Waals surface area contributed by atoms with Crippen molar-refractivity contribution in [3.05, 3.63) is 83.1 Å². The van der Waals surface area contributed by atoms with Crippen molar-refractivity contribution in [2.45, 2.75) is 13.0 Å². The number of allylic oxidation sites excluding steroid dienone is 2. The topological polar surface area (TPSA) is 108 Å². The maximum absolute atomic E-state index is 13.4. The average molecular weight is 431 g/mol. The molecule has 1 unspecified atom stereocenters. The number of carbonyl (C=O) groups excluding carboxylic acids is 2. The third kappa shape index (κ3) is 4.13. The Morgan fingerprint density at radius 3 is 2.56 bits per heavy atom. The second-order valence-electron chi connectivity index (χ2n) is 6.87. The van der Waals surface area contributed by atoms with Crippen molar-refractivity contribution in [2.75, 3.05) is 19.0 Å². The number of rotatable bonds is 7. The van der Waals surface area contributed by atoms with Crippen LogP contribution in [0, 0.1) is 0 Å². The molecule has 1 aromatic heterocycles. The van der Waals surface area contributed by atoms with Gasteiger partial charge in [0.25, 0.3) is 0 Å². The van der Waals surface area contributed by atoms with Crippen molar-refractivity contribution in [1.29, 1.82) is 0 Å². The summed E-state index contributed by atoms with van der Waals surface area (Å²) < 4.78 is 11.9. The predicted molar refractivity (Wildman–Crippen MR) is 117 cm³/mol. The molecule has 0 spiro atoms. The largest absolute Gasteiger partial charge is 0.494 e. The number of ether oxygens (including phenoxy) is 2. The normalized spacial score (nSPS) is 15.2. The van der Waals surface area contributed by atoms with E-state index in [1.807, 2.05) is 49.4 Å². The first-order valence-electron chi connectivity index (χ1n) is 10.00. The molecule has 1 atom stereocenters. The molecule has 1 N–H and O–H groups in total. The van der Waals surface area contributed by atoms with Crippen LogP contribution in [0.1, 0.15) is 24.1 Å². The lowest BCUT2D eigenvalue weighted by molar-refractivity contribution is -0.136. The minimum Gasteiger partial charge on any atom is -0.494 e. The predicted octanol–water partition coefficient (Wildman–Crippen LogP) is 2.80. The summed E-state index contributed by atoms with van der Waals surface area (Å²) in [5.74, 6) is -0.141. The fourth-order valence-electron chi connectivity index (χ4n) is 3.46. The quantitative estimate of drug-likeness (QED) is 0.449. The van der Waals surface area contributed by atoms with Gasteiger partial charge in [0.1, 0.15) is 17.5 Å². The number of carbonyl (C=O) groups is 2. The van der Waals surface area contributed by atoms with Gasteiger partial charge in [0.2, 0.25) is 5.95 Å². The molecule has 2 heterocycles. The lowest BCUT2D eigenvalue weighted by atomic mass is 9.91. The van der Waals surface area contributed by atoms with Crippen LogP contribution in [-0.4, -0.2) is 45.7 Å². The first-order valence-corrected chi connectivity index (χ1v) is 10.00. The molecule has 162 valence electrons. The number of methoxy groups -OCH3 is 1. The number of benzene rings is 2. The van der Waals surface area contributed by atoms with Crippen molar-refractivity contribution in [3.8, 4) is 5.75 Å². The highest BCUT2D eigenvalue weighted by atomic mass is 16.5. The number of hydrogen-bond acceptors (Lipinski definition) is 8. The van der Waals surface area contributed by atoms with Crippen molar-refractivity contribution >= 4 is 23.8 Å². The Hall–Kier alpha value is -4.27. The first-order chi connectivity index (χ1) is 15.6. The molecule has 0 amide bonds. The Balaban J connectivity index is 1.81. The number of fused-ring (bicyclic) bond motifs is 1. The van der Waals surface area contributed by atoms with Crippen LogP contribution < -0.4 is 10.1 Å². The third-order valence-corrected chi connectivity index (χ3v) is 4.91. The van der Waals surface area contributed by atoms with E-state index in [4.69, 9.17) is 9.47 Å². The van der Waals surface area contributed by atoms with E-state index in [9.17, 15) is 9.59 Å². The molecule has 1 aliphatic rings. The molecule has 32 heavy (non-hydrogen) atoms. The molecule has 1 aliphatic heterocycles. The lowest BCUT2D eigenvalue weighted by Crippen LogP contribution is -2.32. The van der Waals surface area contributed by atoms with Gasteiger partial charge in [0, 0.05) is 0 Å². The van der Waals surface area contributed by atoms with Gasteiger partial charge in [-0.25, -0.2) is 4.79 Å². The van der Waals surface area contributed by atoms with Gasteiger partial charge in [-0.2, -0.15) is 4.68 Å². The molecule has 4 rings (SSSR count). The van der Waals surface area contributed by atoms with E-state index in [2.05, 4.69) is 20.8 Å². The van der Waals surface area contributed by atoms with Gasteiger partial charge in [0.15, 0.2) is 5.78 Å². The number of anilines is 1. The zero-order chi connectivity index (χ0) is 22.5. The number of esters is 1. The second-order valence-corrected chi connectivity index (χ2v) is 6.87. The molecule has 0 fully saturated rings. The van der Waals surface area contributed by atoms with Crippen LogP contribution in [0.2, 0.25) is 0 Å². The SMILES string of the molecule is CCOc1ccc(C2C(C(=O)/C=C/c3ccccc3)=C(C(=O)OC)Nc3nnnn32)cc1. The summed E-state index contributed by atoms with van der Waals surface area (Å²) in [7, 11) is 1.25. The number of ketones is 1. The maximum Gasteiger partial charge on any atom is 0.355 e. The molecular formula is C23H21N5O4. The van der Waals surface area contributed by atoms with Crippen molar-refractivity contribution < 1.29 is 19.1 Å². The van der Waals surface area contributed by atoms with Crippen molar-refractivity contribution in [3.63, 3.8) is 0 Å². The van der Waals surface area contributed by atoms with E-state index >= 15 is 0 Å². The van der Waals surface area contributed by atoms with Gasteiger partial charge in [-0.05, 0) is 46.7 Å². The first kappa shape index (κ1) is 21.0. The van der Waals surface area contributed by atoms with Crippen LogP contribution in [0.4, 0.5) is 5.95 Å². The highest BCUT2D eigenvalue weighted by Crippen LogP contribution is 2.36. The van der Waals surface area contributed by atoms with Crippen LogP contribution in [0.25, 0.3) is 6.08 Å². The number of nitrogens with zero attached hydrogens (tertiary/aromatic N) is 4. The molecule has 0 radical (unpaired) electrons. The third-order valence-electron chi connectivity index (χ3n) is 4.91. The minimum atomic E-state index is -0.737. The standard InChI is InChI=1S/C23H21N5O4/c1-3-32-17-12-10-16(11-13-17)21-19(18(29)14-9-15-7-5-4-6-8-15)20(22(30)31-2)24-23-25-26-27-28(21)23/h4-14,21H,3H2,1-2H3,(H,24,25,27)/b14-9+. The van der Waals surface area contributed by atoms with Crippen LogP contribution in [0.15, 0.2) is 71.9 Å². The van der Waals surface area contributed by atoms with E-state index in [1.165, 1.54) is 17.9 Å². The average Bonchev–Trinajstić information content (AvgIpc) is 3.31. The van der Waals surface area contributed by atoms with Gasteiger partial charge in [0.05, 0.1) is 19.3 Å². The fraction of sp³-hybridized carbons (Fsp3) is 0.174. The Labute approximate surface area is 184 Å². The van der Waals surface area contributed by atoms with Gasteiger partial charge >= 0.3 is 5.97 Å². The summed E-state index contributed by atoms with van der Waals surface area (Å²) in [6.07, 6.45) is 3.11. The Morgan fingerprint density at radius 1 is 1.12 bits per heavy atom. The smallest absolute Gasteiger partial charge is 0.355 e. The van der Waals surface area contributed by atoms with Crippen LogP contribution >= 0.6 is 0 Å². The molecule has 9 heteroatoms. The summed E-state index contributed by atoms with van der Waals surface area (Å²) >= 11 is 0. The lowest BCUT2D eigenvalue weighted by Gasteiger charge is -2.27. The maximum atomic E-state index is 13.4. The van der Waals surface area contributed by atoms with Crippen molar-refractivity contribution in [1.82, 2.24) is 20.2 Å². The van der Waals surface area contributed by atoms with E-state index in [1.54, 1.807) is 18.2 Å². The van der Waals surface area contributed by atoms with Gasteiger partial charge in [-0.3, -0.25) is 4.79 Å². The van der Waals surface area contributed by atoms with Gasteiger partial charge < -0.3 is 14.8 Å². The van der Waals surface area contributed by atoms with Crippen molar-refractivity contribution in [2.24, 2.45) is 0 Å². The summed E-state index contributed by atoms with van der Waals surface area (Å²) in [6.45, 7) is 2.43. The zero-order valence-electron chi connectivity index (χ0n) is 17.6. The molecule has 0 aliphatic carbocycles. The highest BCUT2D eigenvalue weighted by Gasteiger charge is 2.37. The Bertz CT molecular complexity index is 1180. The second kappa shape index (κ2) is 9.25. The molecule has 0 saturated heterocycles. The van der Waals surface area contributed by atoms with Crippen LogP contribution in [0.5, 0.6) is 5.75 Å². The fourth-order valence-corrected chi connectivity index (χ4v) is 3.46. The molecule has 3 aromatic rings. The summed E-state index contributed by atoms with van der Waals surface area (Å²) in [5.41, 5.74) is 1.73. The van der Waals surface area contributed by atoms with E-state index in [0.29, 0.717) is 17.9 Å². The molecular weight excluding hydrogens is 410 g/mol. The van der Waals surface area contributed by atoms with E-state index in [-0.39, 0.29) is 23.0 Å². The van der Waals surface area contributed by atoms with Gasteiger partial charge in [-0.1, -0.05) is 53.6 Å².